The number of nitrogens with zero attached hydrogens (tertiary/aromatic N) is 1. The summed E-state index contributed by atoms with van der Waals surface area (Å²) >= 11 is 3.63. The molecule has 7 nitrogen and oxygen atoms in total. The standard InChI is InChI=1S/C24H27NO6S2/c26-22(17-4-2-1-3-5-17)31-21-15-24(23(27)28,18-8-12-33-13-9-18)19(14-20(21)25(29)30)16-6-10-32-11-7-16/h1-5,14-16,18-19H,6-13H2,(H,27,28). The van der Waals surface area contributed by atoms with Gasteiger partial charge < -0.3 is 9.84 Å². The van der Waals surface area contributed by atoms with Gasteiger partial charge in [-0.25, -0.2) is 4.79 Å². The van der Waals surface area contributed by atoms with Gasteiger partial charge in [-0.15, -0.1) is 0 Å². The molecule has 3 aliphatic rings. The molecule has 1 aliphatic carbocycles. The molecule has 0 amide bonds. The van der Waals surface area contributed by atoms with E-state index in [2.05, 4.69) is 0 Å². The van der Waals surface area contributed by atoms with Crippen LogP contribution in [-0.2, 0) is 9.53 Å². The monoisotopic (exact) mass is 489 g/mol. The number of carbonyl (C=O) groups excluding carboxylic acids is 1. The molecule has 0 bridgehead atoms. The van der Waals surface area contributed by atoms with Gasteiger partial charge in [-0.3, -0.25) is 14.9 Å². The number of hydrogen-bond donors (Lipinski definition) is 1. The second kappa shape index (κ2) is 10.3. The summed E-state index contributed by atoms with van der Waals surface area (Å²) in [5.74, 6) is 0.907. The van der Waals surface area contributed by atoms with Crippen LogP contribution in [-0.4, -0.2) is 45.0 Å². The molecule has 4 rings (SSSR count). The zero-order valence-corrected chi connectivity index (χ0v) is 19.8. The van der Waals surface area contributed by atoms with Gasteiger partial charge in [0, 0.05) is 12.0 Å². The van der Waals surface area contributed by atoms with Crippen LogP contribution in [0.2, 0.25) is 0 Å². The van der Waals surface area contributed by atoms with E-state index in [1.807, 2.05) is 11.8 Å². The lowest BCUT2D eigenvalue weighted by Crippen LogP contribution is -2.49. The van der Waals surface area contributed by atoms with Crippen LogP contribution in [0.4, 0.5) is 0 Å². The van der Waals surface area contributed by atoms with Crippen molar-refractivity contribution >= 4 is 35.5 Å². The lowest BCUT2D eigenvalue weighted by atomic mass is 9.58. The van der Waals surface area contributed by atoms with Crippen LogP contribution >= 0.6 is 23.5 Å². The van der Waals surface area contributed by atoms with Crippen molar-refractivity contribution in [1.29, 1.82) is 0 Å². The molecule has 0 radical (unpaired) electrons. The van der Waals surface area contributed by atoms with E-state index in [1.165, 1.54) is 12.2 Å². The lowest BCUT2D eigenvalue weighted by molar-refractivity contribution is -0.425. The summed E-state index contributed by atoms with van der Waals surface area (Å²) in [6, 6.07) is 8.23. The second-order valence-corrected chi connectivity index (χ2v) is 11.1. The molecule has 0 saturated carbocycles. The predicted molar refractivity (Wildman–Crippen MR) is 129 cm³/mol. The number of ether oxygens (including phenoxy) is 1. The quantitative estimate of drug-likeness (QED) is 0.342. The molecule has 9 heteroatoms. The van der Waals surface area contributed by atoms with Crippen molar-refractivity contribution in [3.63, 3.8) is 0 Å². The number of esters is 1. The van der Waals surface area contributed by atoms with Crippen molar-refractivity contribution < 1.29 is 24.4 Å². The third-order valence-corrected chi connectivity index (χ3v) is 9.06. The number of hydrogen-bond acceptors (Lipinski definition) is 7. The number of nitro groups is 1. The third-order valence-electron chi connectivity index (χ3n) is 6.96. The molecule has 2 fully saturated rings. The first kappa shape index (κ1) is 23.9. The first-order valence-corrected chi connectivity index (χ1v) is 13.5. The Morgan fingerprint density at radius 2 is 1.64 bits per heavy atom. The van der Waals surface area contributed by atoms with Crippen LogP contribution in [0.5, 0.6) is 0 Å². The minimum atomic E-state index is -1.33. The van der Waals surface area contributed by atoms with Crippen LogP contribution in [0.3, 0.4) is 0 Å². The molecule has 33 heavy (non-hydrogen) atoms. The minimum Gasteiger partial charge on any atom is -0.481 e. The number of rotatable bonds is 6. The summed E-state index contributed by atoms with van der Waals surface area (Å²) in [4.78, 5) is 37.2. The Morgan fingerprint density at radius 3 is 2.21 bits per heavy atom. The maximum absolute atomic E-state index is 13.0. The molecule has 2 heterocycles. The average Bonchev–Trinajstić information content (AvgIpc) is 2.85. The van der Waals surface area contributed by atoms with Gasteiger partial charge in [0.05, 0.1) is 15.9 Å². The number of carboxylic acids is 1. The number of allylic oxidation sites excluding steroid dienone is 1. The Morgan fingerprint density at radius 1 is 1.03 bits per heavy atom. The molecule has 1 aromatic rings. The van der Waals surface area contributed by atoms with E-state index in [0.717, 1.165) is 35.9 Å². The minimum absolute atomic E-state index is 0.0366. The number of benzene rings is 1. The Hall–Kier alpha value is -2.26. The van der Waals surface area contributed by atoms with Gasteiger partial charge in [0.1, 0.15) is 0 Å². The Labute approximate surface area is 201 Å². The van der Waals surface area contributed by atoms with Gasteiger partial charge in [0.2, 0.25) is 5.76 Å². The van der Waals surface area contributed by atoms with E-state index >= 15 is 0 Å². The van der Waals surface area contributed by atoms with Gasteiger partial charge in [-0.1, -0.05) is 18.2 Å². The maximum atomic E-state index is 13.0. The molecule has 0 spiro atoms. The molecule has 0 aromatic heterocycles. The number of aliphatic carboxylic acids is 1. The number of carboxylic acid groups (broad SMARTS) is 1. The van der Waals surface area contributed by atoms with Crippen molar-refractivity contribution in [2.24, 2.45) is 23.2 Å². The van der Waals surface area contributed by atoms with E-state index in [0.29, 0.717) is 12.8 Å². The van der Waals surface area contributed by atoms with Gasteiger partial charge in [-0.2, -0.15) is 23.5 Å². The van der Waals surface area contributed by atoms with Gasteiger partial charge in [0.15, 0.2) is 0 Å². The van der Waals surface area contributed by atoms with E-state index in [1.54, 1.807) is 42.1 Å². The van der Waals surface area contributed by atoms with Crippen LogP contribution in [0, 0.1) is 33.3 Å². The summed E-state index contributed by atoms with van der Waals surface area (Å²) in [7, 11) is 0. The Bertz CT molecular complexity index is 966. The lowest BCUT2D eigenvalue weighted by Gasteiger charge is -2.46. The molecule has 2 saturated heterocycles. The van der Waals surface area contributed by atoms with Crippen LogP contribution in [0.1, 0.15) is 36.0 Å². The summed E-state index contributed by atoms with van der Waals surface area (Å²) in [5, 5.41) is 22.7. The maximum Gasteiger partial charge on any atom is 0.343 e. The van der Waals surface area contributed by atoms with E-state index in [-0.39, 0.29) is 28.9 Å². The Kier molecular flexibility index (Phi) is 7.48. The topological polar surface area (TPSA) is 107 Å². The Balaban J connectivity index is 1.80. The molecule has 2 aliphatic heterocycles. The van der Waals surface area contributed by atoms with E-state index < -0.39 is 28.2 Å². The van der Waals surface area contributed by atoms with Crippen molar-refractivity contribution in [3.05, 3.63) is 69.6 Å². The normalized spacial score (nSPS) is 26.7. The first-order chi connectivity index (χ1) is 15.9. The molecular formula is C24H27NO6S2. The summed E-state index contributed by atoms with van der Waals surface area (Å²) in [6.07, 6.45) is 5.98. The smallest absolute Gasteiger partial charge is 0.343 e. The fraction of sp³-hybridized carbons (Fsp3) is 0.500. The highest BCUT2D eigenvalue weighted by molar-refractivity contribution is 7.99. The van der Waals surface area contributed by atoms with Crippen molar-refractivity contribution in [3.8, 4) is 0 Å². The van der Waals surface area contributed by atoms with Gasteiger partial charge in [0.25, 0.3) is 0 Å². The van der Waals surface area contributed by atoms with E-state index in [4.69, 9.17) is 4.74 Å². The highest BCUT2D eigenvalue weighted by Gasteiger charge is 2.56. The van der Waals surface area contributed by atoms with Crippen molar-refractivity contribution in [2.75, 3.05) is 23.0 Å². The van der Waals surface area contributed by atoms with Crippen LogP contribution in [0.15, 0.2) is 53.9 Å². The predicted octanol–water partition coefficient (Wildman–Crippen LogP) is 4.88. The zero-order valence-electron chi connectivity index (χ0n) is 18.2. The first-order valence-electron chi connectivity index (χ1n) is 11.2. The highest BCUT2D eigenvalue weighted by atomic mass is 32.2. The van der Waals surface area contributed by atoms with Gasteiger partial charge in [-0.05, 0) is 78.7 Å². The van der Waals surface area contributed by atoms with Crippen LogP contribution < -0.4 is 0 Å². The van der Waals surface area contributed by atoms with Crippen molar-refractivity contribution in [1.82, 2.24) is 0 Å². The summed E-state index contributed by atoms with van der Waals surface area (Å²) in [5.41, 5.74) is -1.40. The average molecular weight is 490 g/mol. The molecule has 1 N–H and O–H groups in total. The fourth-order valence-electron chi connectivity index (χ4n) is 5.29. The van der Waals surface area contributed by atoms with Crippen molar-refractivity contribution in [2.45, 2.75) is 25.7 Å². The van der Waals surface area contributed by atoms with Gasteiger partial charge >= 0.3 is 17.6 Å². The molecule has 2 atom stereocenters. The van der Waals surface area contributed by atoms with Crippen LogP contribution in [0.25, 0.3) is 0 Å². The molecule has 2 unspecified atom stereocenters. The molecular weight excluding hydrogens is 462 g/mol. The summed E-state index contributed by atoms with van der Waals surface area (Å²) in [6.45, 7) is 0. The highest BCUT2D eigenvalue weighted by Crippen LogP contribution is 2.53. The number of thioether (sulfide) groups is 2. The number of carbonyl (C=O) groups is 2. The zero-order chi connectivity index (χ0) is 23.4. The largest absolute Gasteiger partial charge is 0.481 e. The fourth-order valence-corrected chi connectivity index (χ4v) is 7.54. The molecule has 176 valence electrons. The second-order valence-electron chi connectivity index (χ2n) is 8.67. The SMILES string of the molecule is O=C(OC1=CC(C(=O)O)(C2CCSCC2)C(C2CCSCC2)C=C1[N+](=O)[O-])c1ccccc1. The van der Waals surface area contributed by atoms with E-state index in [9.17, 15) is 24.8 Å². The molecule has 1 aromatic carbocycles. The summed E-state index contributed by atoms with van der Waals surface area (Å²) < 4.78 is 5.52. The third kappa shape index (κ3) is 4.84.